The number of fused-ring (bicyclic) bond motifs is 1. The molecule has 2 aliphatic rings. The van der Waals surface area contributed by atoms with E-state index in [2.05, 4.69) is 9.88 Å². The number of aliphatic hydroxyl groups excluding tert-OH is 1. The summed E-state index contributed by atoms with van der Waals surface area (Å²) in [5.74, 6) is -0.0652. The highest BCUT2D eigenvalue weighted by atomic mass is 16.3. The highest BCUT2D eigenvalue weighted by Crippen LogP contribution is 2.29. The molecule has 3 atom stereocenters. The van der Waals surface area contributed by atoms with Crippen molar-refractivity contribution in [3.8, 4) is 0 Å². The lowest BCUT2D eigenvalue weighted by Crippen LogP contribution is -2.55. The molecule has 7 nitrogen and oxygen atoms in total. The molecular formula is C22H28N4O3. The summed E-state index contributed by atoms with van der Waals surface area (Å²) in [4.78, 5) is 34.8. The van der Waals surface area contributed by atoms with Crippen LogP contribution in [0.2, 0.25) is 0 Å². The fourth-order valence-electron chi connectivity index (χ4n) is 4.65. The second-order valence-corrected chi connectivity index (χ2v) is 8.05. The predicted octanol–water partition coefficient (Wildman–Crippen LogP) is 1.36. The lowest BCUT2D eigenvalue weighted by molar-refractivity contribution is -0.131. The summed E-state index contributed by atoms with van der Waals surface area (Å²) in [5.41, 5.74) is 1.19. The number of benzene rings is 1. The quantitative estimate of drug-likeness (QED) is 0.848. The van der Waals surface area contributed by atoms with Crippen LogP contribution in [0.5, 0.6) is 0 Å². The van der Waals surface area contributed by atoms with E-state index in [1.807, 2.05) is 35.2 Å². The van der Waals surface area contributed by atoms with Crippen molar-refractivity contribution in [2.45, 2.75) is 38.0 Å². The predicted molar refractivity (Wildman–Crippen MR) is 110 cm³/mol. The van der Waals surface area contributed by atoms with Gasteiger partial charge in [-0.3, -0.25) is 14.5 Å². The van der Waals surface area contributed by atoms with Gasteiger partial charge in [0.05, 0.1) is 17.7 Å². The highest BCUT2D eigenvalue weighted by Gasteiger charge is 2.42. The van der Waals surface area contributed by atoms with Crippen LogP contribution in [0.4, 0.5) is 0 Å². The maximum Gasteiger partial charge on any atom is 0.272 e. The van der Waals surface area contributed by atoms with E-state index in [0.29, 0.717) is 18.8 Å². The van der Waals surface area contributed by atoms with Crippen LogP contribution in [0.3, 0.4) is 0 Å². The third-order valence-corrected chi connectivity index (χ3v) is 6.41. The molecule has 1 saturated carbocycles. The topological polar surface area (TPSA) is 77.0 Å². The summed E-state index contributed by atoms with van der Waals surface area (Å²) in [7, 11) is 1.75. The molecule has 154 valence electrons. The number of hydrogen-bond donors (Lipinski definition) is 1. The fraction of sp³-hybridized carbons (Fsp3) is 0.500. The van der Waals surface area contributed by atoms with Crippen LogP contribution in [0.1, 0.15) is 30.3 Å². The van der Waals surface area contributed by atoms with E-state index in [4.69, 9.17) is 0 Å². The van der Waals surface area contributed by atoms with Gasteiger partial charge in [-0.25, -0.2) is 4.98 Å². The first-order valence-corrected chi connectivity index (χ1v) is 10.3. The molecule has 1 saturated heterocycles. The van der Waals surface area contributed by atoms with Crippen molar-refractivity contribution in [3.63, 3.8) is 0 Å². The van der Waals surface area contributed by atoms with Gasteiger partial charge in [0.15, 0.2) is 0 Å². The minimum absolute atomic E-state index is 0.0221. The largest absolute Gasteiger partial charge is 0.389 e. The Morgan fingerprint density at radius 2 is 1.79 bits per heavy atom. The zero-order valence-corrected chi connectivity index (χ0v) is 17.0. The standard InChI is InChI=1S/C22H28N4O3/c1-15(27)25-11-13-26(14-12-25)20-10-9-19(21(20)28)24(2)22(29)18-8-7-16-5-3-4-6-17(16)23-18/h3-8,19-21,28H,9-14H2,1-2H3/t19-,20-,21-/m1/s1. The molecule has 29 heavy (non-hydrogen) atoms. The fourth-order valence-corrected chi connectivity index (χ4v) is 4.65. The molecule has 1 aliphatic carbocycles. The van der Waals surface area contributed by atoms with E-state index in [9.17, 15) is 14.7 Å². The molecule has 2 aromatic rings. The Bertz CT molecular complexity index is 910. The second kappa shape index (κ2) is 8.08. The molecule has 0 spiro atoms. The van der Waals surface area contributed by atoms with Gasteiger partial charge in [-0.15, -0.1) is 0 Å². The van der Waals surface area contributed by atoms with Gasteiger partial charge in [-0.2, -0.15) is 0 Å². The molecule has 0 unspecified atom stereocenters. The first-order valence-electron chi connectivity index (χ1n) is 10.3. The van der Waals surface area contributed by atoms with Crippen LogP contribution in [-0.4, -0.2) is 88.0 Å². The van der Waals surface area contributed by atoms with E-state index >= 15 is 0 Å². The Hall–Kier alpha value is -2.51. The first-order chi connectivity index (χ1) is 14.0. The van der Waals surface area contributed by atoms with Crippen molar-refractivity contribution in [2.24, 2.45) is 0 Å². The summed E-state index contributed by atoms with van der Waals surface area (Å²) in [6.45, 7) is 4.51. The van der Waals surface area contributed by atoms with Gasteiger partial charge in [-0.05, 0) is 25.0 Å². The van der Waals surface area contributed by atoms with Crippen molar-refractivity contribution in [1.82, 2.24) is 19.7 Å². The van der Waals surface area contributed by atoms with Gasteiger partial charge in [0, 0.05) is 51.6 Å². The SMILES string of the molecule is CC(=O)N1CCN([C@@H]2CC[C@@H](N(C)C(=O)c3ccc4ccccc4n3)[C@H]2O)CC1. The molecular weight excluding hydrogens is 368 g/mol. The number of hydrogen-bond acceptors (Lipinski definition) is 5. The molecule has 0 bridgehead atoms. The summed E-state index contributed by atoms with van der Waals surface area (Å²) in [5, 5.41) is 12.0. The van der Waals surface area contributed by atoms with Gasteiger partial charge in [-0.1, -0.05) is 24.3 Å². The van der Waals surface area contributed by atoms with Crippen LogP contribution >= 0.6 is 0 Å². The van der Waals surface area contributed by atoms with E-state index in [-0.39, 0.29) is 23.9 Å². The molecule has 2 fully saturated rings. The van der Waals surface area contributed by atoms with E-state index in [1.165, 1.54) is 0 Å². The van der Waals surface area contributed by atoms with Gasteiger partial charge in [0.25, 0.3) is 5.91 Å². The Kier molecular flexibility index (Phi) is 5.52. The van der Waals surface area contributed by atoms with E-state index in [1.54, 1.807) is 24.9 Å². The normalized spacial score (nSPS) is 25.3. The number of rotatable bonds is 3. The number of aliphatic hydroxyl groups is 1. The van der Waals surface area contributed by atoms with Crippen LogP contribution in [-0.2, 0) is 4.79 Å². The maximum absolute atomic E-state index is 13.0. The van der Waals surface area contributed by atoms with Crippen molar-refractivity contribution >= 4 is 22.7 Å². The lowest BCUT2D eigenvalue weighted by atomic mass is 10.1. The zero-order valence-electron chi connectivity index (χ0n) is 17.0. The molecule has 1 aromatic heterocycles. The average Bonchev–Trinajstić information content (AvgIpc) is 3.13. The van der Waals surface area contributed by atoms with Crippen LogP contribution < -0.4 is 0 Å². The van der Waals surface area contributed by atoms with Gasteiger partial charge in [0.2, 0.25) is 5.91 Å². The second-order valence-electron chi connectivity index (χ2n) is 8.05. The molecule has 4 rings (SSSR count). The van der Waals surface area contributed by atoms with E-state index < -0.39 is 6.10 Å². The van der Waals surface area contributed by atoms with Crippen molar-refractivity contribution < 1.29 is 14.7 Å². The summed E-state index contributed by atoms with van der Waals surface area (Å²) >= 11 is 0. The number of likely N-dealkylation sites (N-methyl/N-ethyl adjacent to an activating group) is 1. The summed E-state index contributed by atoms with van der Waals surface area (Å²) < 4.78 is 0. The minimum Gasteiger partial charge on any atom is -0.389 e. The number of amides is 2. The maximum atomic E-state index is 13.0. The Labute approximate surface area is 170 Å². The molecule has 2 amide bonds. The molecule has 1 aromatic carbocycles. The molecule has 2 heterocycles. The van der Waals surface area contributed by atoms with Crippen LogP contribution in [0, 0.1) is 0 Å². The lowest BCUT2D eigenvalue weighted by Gasteiger charge is -2.39. The van der Waals surface area contributed by atoms with Gasteiger partial charge < -0.3 is 14.9 Å². The monoisotopic (exact) mass is 396 g/mol. The Balaban J connectivity index is 1.43. The third-order valence-electron chi connectivity index (χ3n) is 6.41. The Morgan fingerprint density at radius 1 is 1.07 bits per heavy atom. The van der Waals surface area contributed by atoms with Gasteiger partial charge in [0.1, 0.15) is 5.69 Å². The average molecular weight is 396 g/mol. The number of para-hydroxylation sites is 1. The van der Waals surface area contributed by atoms with Crippen LogP contribution in [0.15, 0.2) is 36.4 Å². The number of piperazine rings is 1. The van der Waals surface area contributed by atoms with Crippen molar-refractivity contribution in [2.75, 3.05) is 33.2 Å². The minimum atomic E-state index is -0.603. The molecule has 1 N–H and O–H groups in total. The summed E-state index contributed by atoms with van der Waals surface area (Å²) in [6.07, 6.45) is 0.997. The number of carbonyl (C=O) groups excluding carboxylic acids is 2. The number of carbonyl (C=O) groups is 2. The molecule has 0 radical (unpaired) electrons. The highest BCUT2D eigenvalue weighted by molar-refractivity contribution is 5.95. The van der Waals surface area contributed by atoms with Crippen molar-refractivity contribution in [3.05, 3.63) is 42.1 Å². The Morgan fingerprint density at radius 3 is 2.52 bits per heavy atom. The molecule has 7 heteroatoms. The third kappa shape index (κ3) is 3.84. The summed E-state index contributed by atoms with van der Waals surface area (Å²) in [6, 6.07) is 11.2. The van der Waals surface area contributed by atoms with E-state index in [0.717, 1.165) is 36.8 Å². The zero-order chi connectivity index (χ0) is 20.5. The smallest absolute Gasteiger partial charge is 0.272 e. The number of aromatic nitrogens is 1. The first kappa shape index (κ1) is 19.8. The van der Waals surface area contributed by atoms with Crippen molar-refractivity contribution in [1.29, 1.82) is 0 Å². The number of nitrogens with zero attached hydrogens (tertiary/aromatic N) is 4. The molecule has 1 aliphatic heterocycles. The van der Waals surface area contributed by atoms with Gasteiger partial charge >= 0.3 is 0 Å². The number of pyridine rings is 1. The van der Waals surface area contributed by atoms with Crippen LogP contribution in [0.25, 0.3) is 10.9 Å².